The summed E-state index contributed by atoms with van der Waals surface area (Å²) in [5.74, 6) is -0.979. The lowest BCUT2D eigenvalue weighted by atomic mass is 9.95. The standard InChI is InChI=1S/C28H24N2O4S/c1-4-34-20-12-10-18(11-13-20)24-22(25(31)19-8-6-5-7-9-19)26(32)27(33)30(24)28-29-23-17(3)14-16(2)15-21(23)35-28/h5-15,24,31H,4H2,1-3H3/t24-/m0/s1. The number of nitrogens with zero attached hydrogens (tertiary/aromatic N) is 2. The van der Waals surface area contributed by atoms with Gasteiger partial charge in [0.05, 0.1) is 28.4 Å². The largest absolute Gasteiger partial charge is 0.507 e. The molecule has 0 bridgehead atoms. The van der Waals surface area contributed by atoms with Crippen molar-refractivity contribution in [1.82, 2.24) is 4.98 Å². The van der Waals surface area contributed by atoms with Crippen molar-refractivity contribution in [3.8, 4) is 5.75 Å². The zero-order valence-electron chi connectivity index (χ0n) is 19.6. The molecule has 35 heavy (non-hydrogen) atoms. The zero-order chi connectivity index (χ0) is 24.7. The van der Waals surface area contributed by atoms with Crippen LogP contribution >= 0.6 is 11.3 Å². The minimum atomic E-state index is -0.826. The number of aryl methyl sites for hydroxylation is 2. The number of Topliss-reactive ketones (excluding diaryl/α,β-unsaturated/α-hetero) is 1. The van der Waals surface area contributed by atoms with Crippen LogP contribution < -0.4 is 9.64 Å². The van der Waals surface area contributed by atoms with Gasteiger partial charge in [-0.15, -0.1) is 0 Å². The number of benzene rings is 3. The molecular weight excluding hydrogens is 460 g/mol. The van der Waals surface area contributed by atoms with Crippen LogP contribution in [0.3, 0.4) is 0 Å². The van der Waals surface area contributed by atoms with Gasteiger partial charge in [0.1, 0.15) is 11.5 Å². The first kappa shape index (κ1) is 22.8. The third-order valence-corrected chi connectivity index (χ3v) is 7.02. The molecule has 1 fully saturated rings. The highest BCUT2D eigenvalue weighted by Crippen LogP contribution is 2.45. The lowest BCUT2D eigenvalue weighted by Crippen LogP contribution is -2.29. The van der Waals surface area contributed by atoms with Gasteiger partial charge >= 0.3 is 5.91 Å². The minimum Gasteiger partial charge on any atom is -0.507 e. The number of carbonyl (C=O) groups excluding carboxylic acids is 2. The molecule has 1 aromatic heterocycles. The van der Waals surface area contributed by atoms with Crippen molar-refractivity contribution in [3.05, 3.63) is 94.6 Å². The first-order valence-corrected chi connectivity index (χ1v) is 12.2. The monoisotopic (exact) mass is 484 g/mol. The van der Waals surface area contributed by atoms with Gasteiger partial charge in [0.2, 0.25) is 0 Å². The number of carbonyl (C=O) groups is 2. The second-order valence-electron chi connectivity index (χ2n) is 8.46. The summed E-state index contributed by atoms with van der Waals surface area (Å²) in [5, 5.41) is 11.6. The Morgan fingerprint density at radius 3 is 2.46 bits per heavy atom. The summed E-state index contributed by atoms with van der Waals surface area (Å²) in [7, 11) is 0. The molecule has 5 rings (SSSR count). The zero-order valence-corrected chi connectivity index (χ0v) is 20.4. The molecule has 2 heterocycles. The van der Waals surface area contributed by atoms with Gasteiger partial charge in [-0.2, -0.15) is 0 Å². The maximum absolute atomic E-state index is 13.4. The number of anilines is 1. The van der Waals surface area contributed by atoms with E-state index in [1.165, 1.54) is 16.2 Å². The van der Waals surface area contributed by atoms with Gasteiger partial charge in [-0.3, -0.25) is 14.5 Å². The fourth-order valence-electron chi connectivity index (χ4n) is 4.47. The normalized spacial score (nSPS) is 17.3. The predicted octanol–water partition coefficient (Wildman–Crippen LogP) is 5.94. The smallest absolute Gasteiger partial charge is 0.301 e. The summed E-state index contributed by atoms with van der Waals surface area (Å²) in [6.07, 6.45) is 0. The van der Waals surface area contributed by atoms with E-state index in [4.69, 9.17) is 9.72 Å². The van der Waals surface area contributed by atoms with E-state index in [-0.39, 0.29) is 11.3 Å². The average molecular weight is 485 g/mol. The second-order valence-corrected chi connectivity index (χ2v) is 9.47. The average Bonchev–Trinajstić information content (AvgIpc) is 3.39. The number of aliphatic hydroxyl groups is 1. The highest BCUT2D eigenvalue weighted by atomic mass is 32.1. The van der Waals surface area contributed by atoms with Crippen LogP contribution in [-0.2, 0) is 9.59 Å². The van der Waals surface area contributed by atoms with Crippen molar-refractivity contribution >= 4 is 44.1 Å². The van der Waals surface area contributed by atoms with Crippen LogP contribution in [0.15, 0.2) is 72.3 Å². The number of ketones is 1. The van der Waals surface area contributed by atoms with Gasteiger partial charge in [-0.05, 0) is 55.7 Å². The van der Waals surface area contributed by atoms with Crippen LogP contribution in [0.4, 0.5) is 5.13 Å². The lowest BCUT2D eigenvalue weighted by Gasteiger charge is -2.23. The SMILES string of the molecule is CCOc1ccc([C@H]2C(=C(O)c3ccccc3)C(=O)C(=O)N2c2nc3c(C)cc(C)cc3s2)cc1. The lowest BCUT2D eigenvalue weighted by molar-refractivity contribution is -0.132. The molecule has 1 atom stereocenters. The van der Waals surface area contributed by atoms with Gasteiger partial charge in [0, 0.05) is 5.56 Å². The number of rotatable bonds is 5. The van der Waals surface area contributed by atoms with E-state index in [0.29, 0.717) is 28.6 Å². The van der Waals surface area contributed by atoms with Crippen molar-refractivity contribution in [3.63, 3.8) is 0 Å². The topological polar surface area (TPSA) is 79.7 Å². The maximum Gasteiger partial charge on any atom is 0.301 e. The first-order valence-electron chi connectivity index (χ1n) is 11.4. The molecular formula is C28H24N2O4S. The summed E-state index contributed by atoms with van der Waals surface area (Å²) >= 11 is 1.36. The molecule has 0 radical (unpaired) electrons. The van der Waals surface area contributed by atoms with Gasteiger partial charge < -0.3 is 9.84 Å². The summed E-state index contributed by atoms with van der Waals surface area (Å²) in [6, 6.07) is 19.3. The van der Waals surface area contributed by atoms with Gasteiger partial charge in [-0.25, -0.2) is 4.98 Å². The van der Waals surface area contributed by atoms with Crippen LogP contribution in [0.25, 0.3) is 16.0 Å². The number of hydrogen-bond donors (Lipinski definition) is 1. The molecule has 1 N–H and O–H groups in total. The molecule has 1 amide bonds. The molecule has 4 aromatic rings. The minimum absolute atomic E-state index is 0.0394. The Morgan fingerprint density at radius 1 is 1.06 bits per heavy atom. The van der Waals surface area contributed by atoms with Crippen molar-refractivity contribution in [2.24, 2.45) is 0 Å². The molecule has 0 unspecified atom stereocenters. The second kappa shape index (κ2) is 9.00. The highest BCUT2D eigenvalue weighted by molar-refractivity contribution is 7.22. The fraction of sp³-hybridized carbons (Fsp3) is 0.179. The Morgan fingerprint density at radius 2 is 1.77 bits per heavy atom. The number of aliphatic hydroxyl groups excluding tert-OH is 1. The molecule has 0 aliphatic carbocycles. The predicted molar refractivity (Wildman–Crippen MR) is 138 cm³/mol. The van der Waals surface area contributed by atoms with E-state index >= 15 is 0 Å². The van der Waals surface area contributed by atoms with Gasteiger partial charge in [0.25, 0.3) is 5.78 Å². The van der Waals surface area contributed by atoms with E-state index in [9.17, 15) is 14.7 Å². The van der Waals surface area contributed by atoms with E-state index in [0.717, 1.165) is 21.3 Å². The Kier molecular flexibility index (Phi) is 5.86. The number of fused-ring (bicyclic) bond motifs is 1. The van der Waals surface area contributed by atoms with E-state index in [1.807, 2.05) is 51.1 Å². The summed E-state index contributed by atoms with van der Waals surface area (Å²) in [6.45, 7) is 6.42. The third kappa shape index (κ3) is 3.98. The maximum atomic E-state index is 13.4. The molecule has 7 heteroatoms. The van der Waals surface area contributed by atoms with E-state index < -0.39 is 17.7 Å². The Balaban J connectivity index is 1.71. The molecule has 1 aliphatic heterocycles. The van der Waals surface area contributed by atoms with Crippen LogP contribution in [0.1, 0.15) is 35.2 Å². The van der Waals surface area contributed by atoms with Gasteiger partial charge in [-0.1, -0.05) is 59.9 Å². The summed E-state index contributed by atoms with van der Waals surface area (Å²) < 4.78 is 6.50. The Bertz CT molecular complexity index is 1470. The van der Waals surface area contributed by atoms with E-state index in [1.54, 1.807) is 36.4 Å². The number of amides is 1. The van der Waals surface area contributed by atoms with Crippen LogP contribution in [0.2, 0.25) is 0 Å². The quantitative estimate of drug-likeness (QED) is 0.215. The number of ether oxygens (including phenoxy) is 1. The van der Waals surface area contributed by atoms with Crippen molar-refractivity contribution in [2.75, 3.05) is 11.5 Å². The Hall–Kier alpha value is -3.97. The van der Waals surface area contributed by atoms with Crippen molar-refractivity contribution in [2.45, 2.75) is 26.8 Å². The molecule has 0 saturated carbocycles. The van der Waals surface area contributed by atoms with Crippen molar-refractivity contribution in [1.29, 1.82) is 0 Å². The van der Waals surface area contributed by atoms with Gasteiger partial charge in [0.15, 0.2) is 5.13 Å². The Labute approximate surface area is 207 Å². The fourth-order valence-corrected chi connectivity index (χ4v) is 5.64. The first-order chi connectivity index (χ1) is 16.9. The number of hydrogen-bond acceptors (Lipinski definition) is 6. The summed E-state index contributed by atoms with van der Waals surface area (Å²) in [4.78, 5) is 32.9. The molecule has 3 aromatic carbocycles. The van der Waals surface area contributed by atoms with Crippen LogP contribution in [-0.4, -0.2) is 28.4 Å². The number of aromatic nitrogens is 1. The molecule has 1 saturated heterocycles. The highest BCUT2D eigenvalue weighted by Gasteiger charge is 2.48. The molecule has 0 spiro atoms. The third-order valence-electron chi connectivity index (χ3n) is 6.02. The van der Waals surface area contributed by atoms with E-state index in [2.05, 4.69) is 0 Å². The summed E-state index contributed by atoms with van der Waals surface area (Å²) in [5.41, 5.74) is 4.08. The molecule has 1 aliphatic rings. The molecule has 176 valence electrons. The number of thiazole rings is 1. The van der Waals surface area contributed by atoms with Crippen LogP contribution in [0, 0.1) is 13.8 Å². The van der Waals surface area contributed by atoms with Crippen molar-refractivity contribution < 1.29 is 19.4 Å². The molecule has 6 nitrogen and oxygen atoms in total. The van der Waals surface area contributed by atoms with Crippen LogP contribution in [0.5, 0.6) is 5.75 Å².